The van der Waals surface area contributed by atoms with Crippen LogP contribution in [0.25, 0.3) is 100 Å². The van der Waals surface area contributed by atoms with E-state index < -0.39 is 0 Å². The highest BCUT2D eigenvalue weighted by atomic mass is 15.2. The van der Waals surface area contributed by atoms with Crippen LogP contribution in [0.1, 0.15) is 0 Å². The Morgan fingerprint density at radius 2 is 0.486 bits per heavy atom. The second-order valence-corrected chi connectivity index (χ2v) is 19.2. The third kappa shape index (κ3) is 7.43. The molecule has 14 rings (SSSR count). The molecule has 0 N–H and O–H groups in total. The predicted octanol–water partition coefficient (Wildman–Crippen LogP) is 20.3. The van der Waals surface area contributed by atoms with Crippen LogP contribution in [-0.2, 0) is 0 Å². The zero-order chi connectivity index (χ0) is 49.0. The quantitative estimate of drug-likeness (QED) is 0.157. The van der Waals surface area contributed by atoms with Gasteiger partial charge in [0.25, 0.3) is 0 Å². The summed E-state index contributed by atoms with van der Waals surface area (Å²) in [6, 6.07) is 107. The summed E-state index contributed by atoms with van der Waals surface area (Å²) in [6.07, 6.45) is 0. The van der Waals surface area contributed by atoms with Crippen LogP contribution in [0.3, 0.4) is 0 Å². The van der Waals surface area contributed by atoms with E-state index in [0.717, 1.165) is 56.4 Å². The van der Waals surface area contributed by atoms with E-state index >= 15 is 0 Å². The van der Waals surface area contributed by atoms with E-state index in [0.29, 0.717) is 0 Å². The Kier molecular flexibility index (Phi) is 10.6. The van der Waals surface area contributed by atoms with Crippen molar-refractivity contribution < 1.29 is 0 Å². The third-order valence-electron chi connectivity index (χ3n) is 14.9. The summed E-state index contributed by atoms with van der Waals surface area (Å²) in [5, 5.41) is 0. The van der Waals surface area contributed by atoms with Crippen LogP contribution in [0, 0.1) is 0 Å². The maximum atomic E-state index is 2.52. The van der Waals surface area contributed by atoms with Crippen molar-refractivity contribution in [2.45, 2.75) is 0 Å². The van der Waals surface area contributed by atoms with Gasteiger partial charge >= 0.3 is 0 Å². The molecule has 2 nitrogen and oxygen atoms in total. The fourth-order valence-corrected chi connectivity index (χ4v) is 11.5. The van der Waals surface area contributed by atoms with E-state index in [2.05, 4.69) is 301 Å². The molecule has 2 aliphatic heterocycles. The molecular formula is C72H48N2. The van der Waals surface area contributed by atoms with E-state index in [1.54, 1.807) is 0 Å². The average molecular weight is 941 g/mol. The molecule has 2 heterocycles. The molecule has 0 aliphatic carbocycles. The molecule has 12 aromatic carbocycles. The normalized spacial score (nSPS) is 12.0. The zero-order valence-corrected chi connectivity index (χ0v) is 40.6. The van der Waals surface area contributed by atoms with Crippen molar-refractivity contribution in [2.24, 2.45) is 0 Å². The second-order valence-electron chi connectivity index (χ2n) is 19.2. The molecule has 0 bridgehead atoms. The number of hydrogen-bond acceptors (Lipinski definition) is 2. The fourth-order valence-electron chi connectivity index (χ4n) is 11.5. The van der Waals surface area contributed by atoms with Crippen molar-refractivity contribution in [3.63, 3.8) is 0 Å². The Morgan fingerprint density at radius 3 is 1.01 bits per heavy atom. The van der Waals surface area contributed by atoms with Crippen molar-refractivity contribution in [1.29, 1.82) is 0 Å². The van der Waals surface area contributed by atoms with Gasteiger partial charge in [-0.2, -0.15) is 0 Å². The van der Waals surface area contributed by atoms with Gasteiger partial charge in [0.2, 0.25) is 0 Å². The number of nitrogens with zero attached hydrogens (tertiary/aromatic N) is 2. The summed E-state index contributed by atoms with van der Waals surface area (Å²) in [5.74, 6) is 0. The maximum absolute atomic E-state index is 2.52. The number of anilines is 6. The van der Waals surface area contributed by atoms with E-state index in [-0.39, 0.29) is 0 Å². The van der Waals surface area contributed by atoms with Crippen LogP contribution in [-0.4, -0.2) is 0 Å². The minimum absolute atomic E-state index is 1.10. The Bertz CT molecular complexity index is 4010. The van der Waals surface area contributed by atoms with E-state index in [1.165, 1.54) is 77.9 Å². The largest absolute Gasteiger partial charge is 0.309 e. The van der Waals surface area contributed by atoms with Crippen LogP contribution in [0.15, 0.2) is 291 Å². The number of para-hydroxylation sites is 2. The summed E-state index contributed by atoms with van der Waals surface area (Å²) in [7, 11) is 0. The lowest BCUT2D eigenvalue weighted by Gasteiger charge is -2.30. The highest BCUT2D eigenvalue weighted by molar-refractivity contribution is 6.07. The number of benzene rings is 12. The number of rotatable bonds is 7. The molecule has 74 heavy (non-hydrogen) atoms. The van der Waals surface area contributed by atoms with Crippen LogP contribution in [0.2, 0.25) is 0 Å². The Morgan fingerprint density at radius 1 is 0.149 bits per heavy atom. The lowest BCUT2D eigenvalue weighted by Crippen LogP contribution is -2.12. The van der Waals surface area contributed by atoms with Gasteiger partial charge in [-0.15, -0.1) is 0 Å². The van der Waals surface area contributed by atoms with Crippen molar-refractivity contribution in [3.8, 4) is 100 Å². The molecule has 346 valence electrons. The minimum atomic E-state index is 1.10. The molecule has 0 saturated carbocycles. The summed E-state index contributed by atoms with van der Waals surface area (Å²) < 4.78 is 0. The Labute approximate surface area is 433 Å². The van der Waals surface area contributed by atoms with E-state index in [4.69, 9.17) is 0 Å². The van der Waals surface area contributed by atoms with E-state index in [9.17, 15) is 0 Å². The monoisotopic (exact) mass is 940 g/mol. The lowest BCUT2D eigenvalue weighted by atomic mass is 9.91. The summed E-state index contributed by atoms with van der Waals surface area (Å²) in [6.45, 7) is 0. The predicted molar refractivity (Wildman–Crippen MR) is 312 cm³/mol. The smallest absolute Gasteiger partial charge is 0.0546 e. The SMILES string of the molecule is c1ccc(-c2cc(-c3ccccc3)cc(N3c4ccccc4-c4ccccc4-c4cc(-c5ccc6c(c5)N(c5ccc(-c7ccccc7)cc5-c5ccccc5)c5ccccc5-c5ccccc5-6)ccc43)c2)cc1. The minimum Gasteiger partial charge on any atom is -0.309 e. The molecule has 12 aromatic rings. The summed E-state index contributed by atoms with van der Waals surface area (Å²) in [5.41, 5.74) is 28.0. The topological polar surface area (TPSA) is 6.48 Å². The molecule has 0 radical (unpaired) electrons. The maximum Gasteiger partial charge on any atom is 0.0546 e. The molecule has 0 amide bonds. The van der Waals surface area contributed by atoms with Gasteiger partial charge in [0.05, 0.1) is 28.4 Å². The van der Waals surface area contributed by atoms with Crippen molar-refractivity contribution in [3.05, 3.63) is 291 Å². The lowest BCUT2D eigenvalue weighted by molar-refractivity contribution is 1.29. The molecule has 0 unspecified atom stereocenters. The zero-order valence-electron chi connectivity index (χ0n) is 40.6. The fraction of sp³-hybridized carbons (Fsp3) is 0. The molecule has 0 aromatic heterocycles. The Hall–Kier alpha value is -9.76. The van der Waals surface area contributed by atoms with Gasteiger partial charge in [0.1, 0.15) is 0 Å². The molecule has 0 spiro atoms. The molecular weight excluding hydrogens is 893 g/mol. The number of fused-ring (bicyclic) bond motifs is 10. The van der Waals surface area contributed by atoms with Gasteiger partial charge in [-0.05, 0) is 133 Å². The summed E-state index contributed by atoms with van der Waals surface area (Å²) >= 11 is 0. The van der Waals surface area contributed by atoms with Crippen molar-refractivity contribution in [1.82, 2.24) is 0 Å². The second kappa shape index (κ2) is 18.1. The van der Waals surface area contributed by atoms with Gasteiger partial charge < -0.3 is 9.80 Å². The van der Waals surface area contributed by atoms with Gasteiger partial charge in [0.15, 0.2) is 0 Å². The van der Waals surface area contributed by atoms with E-state index in [1.807, 2.05) is 0 Å². The van der Waals surface area contributed by atoms with Crippen molar-refractivity contribution >= 4 is 34.1 Å². The highest BCUT2D eigenvalue weighted by Gasteiger charge is 2.30. The Balaban J connectivity index is 0.994. The standard InChI is InChI=1S/C72H48N2/c1-5-21-49(22-6-1)53-38-41-70(66(46-53)52-27-11-4-12-28-52)74-69-36-20-18-34-64(69)59-29-13-14-30-60(59)65-40-37-55(48-72(65)74)54-39-42-71-67(47-54)62-32-16-15-31-61(62)63-33-17-19-35-68(63)73(71)58-44-56(50-23-7-2-8-24-50)43-57(45-58)51-25-9-3-10-26-51/h1-48H. The summed E-state index contributed by atoms with van der Waals surface area (Å²) in [4.78, 5) is 5.01. The third-order valence-corrected chi connectivity index (χ3v) is 14.9. The molecule has 0 fully saturated rings. The van der Waals surface area contributed by atoms with Gasteiger partial charge in [-0.25, -0.2) is 0 Å². The van der Waals surface area contributed by atoms with Gasteiger partial charge in [-0.1, -0.05) is 231 Å². The van der Waals surface area contributed by atoms with Crippen LogP contribution in [0.5, 0.6) is 0 Å². The number of hydrogen-bond donors (Lipinski definition) is 0. The van der Waals surface area contributed by atoms with Crippen molar-refractivity contribution in [2.75, 3.05) is 9.80 Å². The average Bonchev–Trinajstić information content (AvgIpc) is 3.69. The first kappa shape index (κ1) is 43.1. The molecule has 2 heteroatoms. The van der Waals surface area contributed by atoms with Crippen LogP contribution in [0.4, 0.5) is 34.1 Å². The molecule has 0 atom stereocenters. The van der Waals surface area contributed by atoms with Gasteiger partial charge in [0, 0.05) is 33.5 Å². The first-order chi connectivity index (χ1) is 36.7. The highest BCUT2D eigenvalue weighted by Crippen LogP contribution is 2.56. The van der Waals surface area contributed by atoms with Crippen LogP contribution >= 0.6 is 0 Å². The first-order valence-electron chi connectivity index (χ1n) is 25.5. The first-order valence-corrected chi connectivity index (χ1v) is 25.5. The molecule has 2 aliphatic rings. The van der Waals surface area contributed by atoms with Gasteiger partial charge in [-0.3, -0.25) is 0 Å². The van der Waals surface area contributed by atoms with Crippen LogP contribution < -0.4 is 9.80 Å². The molecule has 0 saturated heterocycles.